The van der Waals surface area contributed by atoms with E-state index in [1.165, 1.54) is 12.1 Å². The Bertz CT molecular complexity index is 1410. The molecule has 0 spiro atoms. The molecule has 36 heavy (non-hydrogen) atoms. The van der Waals surface area contributed by atoms with Crippen LogP contribution in [-0.4, -0.2) is 53.0 Å². The van der Waals surface area contributed by atoms with Crippen molar-refractivity contribution in [3.63, 3.8) is 0 Å². The van der Waals surface area contributed by atoms with Gasteiger partial charge in [-0.1, -0.05) is 12.1 Å². The Kier molecular flexibility index (Phi) is 5.89. The normalized spacial score (nSPS) is 18.1. The lowest BCUT2D eigenvalue weighted by atomic mass is 9.86. The van der Waals surface area contributed by atoms with E-state index in [-0.39, 0.29) is 18.4 Å². The minimum atomic E-state index is -0.472. The first-order valence-electron chi connectivity index (χ1n) is 12.1. The van der Waals surface area contributed by atoms with Crippen molar-refractivity contribution in [1.29, 1.82) is 0 Å². The van der Waals surface area contributed by atoms with Crippen LogP contribution < -0.4 is 9.47 Å². The van der Waals surface area contributed by atoms with Crippen LogP contribution in [0.5, 0.6) is 11.5 Å². The molecular formula is C28H26F2N4O2. The van der Waals surface area contributed by atoms with E-state index in [1.807, 2.05) is 24.3 Å². The Morgan fingerprint density at radius 2 is 1.92 bits per heavy atom. The average molecular weight is 489 g/mol. The molecule has 6 nitrogen and oxygen atoms in total. The largest absolute Gasteiger partial charge is 0.491 e. The fourth-order valence-electron chi connectivity index (χ4n) is 5.09. The van der Waals surface area contributed by atoms with Crippen LogP contribution in [0.15, 0.2) is 60.9 Å². The summed E-state index contributed by atoms with van der Waals surface area (Å²) in [5, 5.41) is 8.18. The summed E-state index contributed by atoms with van der Waals surface area (Å²) >= 11 is 0. The Hall–Kier alpha value is -3.78. The number of hydrogen-bond acceptors (Lipinski definition) is 5. The van der Waals surface area contributed by atoms with Gasteiger partial charge in [0.15, 0.2) is 6.10 Å². The summed E-state index contributed by atoms with van der Waals surface area (Å²) < 4.78 is 38.7. The molecular weight excluding hydrogens is 462 g/mol. The van der Waals surface area contributed by atoms with Gasteiger partial charge in [0.25, 0.3) is 0 Å². The van der Waals surface area contributed by atoms with E-state index in [1.54, 1.807) is 24.5 Å². The third-order valence-corrected chi connectivity index (χ3v) is 6.98. The van der Waals surface area contributed by atoms with Crippen LogP contribution >= 0.6 is 0 Å². The second-order valence-corrected chi connectivity index (χ2v) is 9.36. The number of allylic oxidation sites excluding steroid dienone is 1. The van der Waals surface area contributed by atoms with Gasteiger partial charge in [-0.2, -0.15) is 5.10 Å². The van der Waals surface area contributed by atoms with Gasteiger partial charge in [-0.25, -0.2) is 4.39 Å². The lowest BCUT2D eigenvalue weighted by Crippen LogP contribution is -2.49. The Morgan fingerprint density at radius 3 is 2.67 bits per heavy atom. The van der Waals surface area contributed by atoms with E-state index in [4.69, 9.17) is 9.47 Å². The fraction of sp³-hybridized carbons (Fsp3) is 0.286. The predicted molar refractivity (Wildman–Crippen MR) is 134 cm³/mol. The number of rotatable bonds is 7. The van der Waals surface area contributed by atoms with Crippen LogP contribution in [0.25, 0.3) is 22.0 Å². The van der Waals surface area contributed by atoms with Crippen molar-refractivity contribution in [2.24, 2.45) is 5.92 Å². The summed E-state index contributed by atoms with van der Waals surface area (Å²) in [6.07, 6.45) is 3.03. The molecule has 8 heteroatoms. The Labute approximate surface area is 207 Å². The second-order valence-electron chi connectivity index (χ2n) is 9.36. The zero-order chi connectivity index (χ0) is 24.6. The molecule has 0 aliphatic carbocycles. The van der Waals surface area contributed by atoms with Crippen molar-refractivity contribution in [2.45, 2.75) is 13.0 Å². The third-order valence-electron chi connectivity index (χ3n) is 6.98. The topological polar surface area (TPSA) is 63.3 Å². The molecule has 0 saturated carbocycles. The highest BCUT2D eigenvalue weighted by atomic mass is 19.1. The number of nitrogens with zero attached hydrogens (tertiary/aromatic N) is 3. The van der Waals surface area contributed by atoms with E-state index >= 15 is 0 Å². The minimum Gasteiger partial charge on any atom is -0.491 e. The summed E-state index contributed by atoms with van der Waals surface area (Å²) in [6, 6.07) is 14.1. The van der Waals surface area contributed by atoms with Crippen molar-refractivity contribution >= 4 is 22.0 Å². The summed E-state index contributed by atoms with van der Waals surface area (Å²) in [5.74, 6) is 1.30. The number of halogens is 2. The number of fused-ring (bicyclic) bond motifs is 3. The number of aromatic nitrogens is 3. The number of benzene rings is 2. The van der Waals surface area contributed by atoms with E-state index in [9.17, 15) is 8.78 Å². The van der Waals surface area contributed by atoms with Crippen LogP contribution in [0.1, 0.15) is 29.8 Å². The van der Waals surface area contributed by atoms with Crippen molar-refractivity contribution in [3.8, 4) is 11.5 Å². The quantitative estimate of drug-likeness (QED) is 0.375. The molecule has 1 unspecified atom stereocenters. The summed E-state index contributed by atoms with van der Waals surface area (Å²) in [4.78, 5) is 6.85. The fourth-order valence-corrected chi connectivity index (χ4v) is 5.09. The highest BCUT2D eigenvalue weighted by Crippen LogP contribution is 2.48. The van der Waals surface area contributed by atoms with Gasteiger partial charge in [0.1, 0.15) is 23.9 Å². The lowest BCUT2D eigenvalue weighted by Gasteiger charge is -2.37. The monoisotopic (exact) mass is 488 g/mol. The molecule has 184 valence electrons. The number of ether oxygens (including phenoxy) is 2. The predicted octanol–water partition coefficient (Wildman–Crippen LogP) is 5.44. The molecule has 1 N–H and O–H groups in total. The molecule has 1 saturated heterocycles. The van der Waals surface area contributed by atoms with Gasteiger partial charge in [-0.05, 0) is 54.5 Å². The first-order chi connectivity index (χ1) is 17.6. The number of pyridine rings is 1. The molecule has 4 heterocycles. The molecule has 2 aromatic heterocycles. The van der Waals surface area contributed by atoms with Crippen LogP contribution in [0, 0.1) is 11.7 Å². The Balaban J connectivity index is 1.29. The molecule has 2 aromatic carbocycles. The van der Waals surface area contributed by atoms with Crippen LogP contribution in [0.3, 0.4) is 0 Å². The van der Waals surface area contributed by atoms with Gasteiger partial charge < -0.3 is 9.47 Å². The van der Waals surface area contributed by atoms with Crippen LogP contribution in [-0.2, 0) is 0 Å². The highest BCUT2D eigenvalue weighted by molar-refractivity contribution is 6.03. The molecule has 4 aromatic rings. The first-order valence-corrected chi connectivity index (χ1v) is 12.1. The average Bonchev–Trinajstić information content (AvgIpc) is 3.35. The van der Waals surface area contributed by atoms with Gasteiger partial charge in [0.2, 0.25) is 0 Å². The summed E-state index contributed by atoms with van der Waals surface area (Å²) in [7, 11) is 0. The number of likely N-dealkylation sites (tertiary alicyclic amines) is 1. The zero-order valence-electron chi connectivity index (χ0n) is 19.9. The van der Waals surface area contributed by atoms with Gasteiger partial charge >= 0.3 is 0 Å². The number of hydrogen-bond donors (Lipinski definition) is 1. The van der Waals surface area contributed by atoms with Crippen molar-refractivity contribution in [3.05, 3.63) is 83.6 Å². The molecule has 2 aliphatic heterocycles. The molecule has 0 amide bonds. The standard InChI is InChI=1S/C28H26F2N4O2/c1-17-26(19-2-4-20(30)5-3-19)28(36-25-9-8-23-22(27(17)25)14-32-33-23)24-7-6-21(13-31-24)35-11-10-34-15-18(12-29)16-34/h2-9,13-14,18,28H,10-12,15-16H2,1H3,(H,32,33). The highest BCUT2D eigenvalue weighted by Gasteiger charge is 2.31. The second kappa shape index (κ2) is 9.35. The summed E-state index contributed by atoms with van der Waals surface area (Å²) in [5.41, 5.74) is 5.45. The molecule has 0 radical (unpaired) electrons. The van der Waals surface area contributed by atoms with Gasteiger partial charge in [0.05, 0.1) is 30.3 Å². The van der Waals surface area contributed by atoms with E-state index in [0.717, 1.165) is 64.3 Å². The zero-order valence-corrected chi connectivity index (χ0v) is 19.9. The van der Waals surface area contributed by atoms with E-state index < -0.39 is 6.10 Å². The molecule has 2 aliphatic rings. The third kappa shape index (κ3) is 4.11. The molecule has 6 rings (SSSR count). The lowest BCUT2D eigenvalue weighted by molar-refractivity contribution is 0.0668. The van der Waals surface area contributed by atoms with Gasteiger partial charge in [0, 0.05) is 42.1 Å². The van der Waals surface area contributed by atoms with Gasteiger partial charge in [-0.15, -0.1) is 0 Å². The summed E-state index contributed by atoms with van der Waals surface area (Å²) in [6.45, 7) is 4.67. The van der Waals surface area contributed by atoms with E-state index in [0.29, 0.717) is 12.4 Å². The number of nitrogens with one attached hydrogen (secondary N) is 1. The maximum Gasteiger partial charge on any atom is 0.166 e. The molecule has 0 bridgehead atoms. The van der Waals surface area contributed by atoms with Crippen molar-refractivity contribution in [1.82, 2.24) is 20.1 Å². The maximum absolute atomic E-state index is 13.7. The first kappa shape index (κ1) is 22.7. The van der Waals surface area contributed by atoms with Gasteiger partial charge in [-0.3, -0.25) is 19.4 Å². The number of H-pyrrole nitrogens is 1. The van der Waals surface area contributed by atoms with E-state index in [2.05, 4.69) is 27.0 Å². The SMILES string of the molecule is CC1=C(c2ccc(F)cc2)C(c2ccc(OCCN3CC(CF)C3)cn2)Oc2ccc3[nH]ncc3c21. The maximum atomic E-state index is 13.7. The van der Waals surface area contributed by atoms with Crippen molar-refractivity contribution in [2.75, 3.05) is 32.9 Å². The Morgan fingerprint density at radius 1 is 1.08 bits per heavy atom. The minimum absolute atomic E-state index is 0.169. The number of aromatic amines is 1. The van der Waals surface area contributed by atoms with Crippen LogP contribution in [0.2, 0.25) is 0 Å². The number of alkyl halides is 1. The van der Waals surface area contributed by atoms with Crippen LogP contribution in [0.4, 0.5) is 8.78 Å². The van der Waals surface area contributed by atoms with Crippen molar-refractivity contribution < 1.29 is 18.3 Å². The smallest absolute Gasteiger partial charge is 0.166 e. The molecule has 1 atom stereocenters. The molecule has 1 fully saturated rings.